The van der Waals surface area contributed by atoms with Crippen molar-refractivity contribution in [2.75, 3.05) is 26.2 Å². The highest BCUT2D eigenvalue weighted by Gasteiger charge is 2.33. The molecular formula is C19H30N2O2. The lowest BCUT2D eigenvalue weighted by molar-refractivity contribution is -0.0157. The standard InChI is InChI=1S/C19H30N2O2/c22-19-17(20-12-15-21-13-5-2-6-14-21)10-7-11-18(19)23-16-8-3-1-4-9-16/h1,3-4,8-9,17-20,22H,2,5-7,10-15H2/t17-,18+,19+/m0/s1. The largest absolute Gasteiger partial charge is 0.488 e. The monoisotopic (exact) mass is 318 g/mol. The van der Waals surface area contributed by atoms with Crippen molar-refractivity contribution in [3.05, 3.63) is 30.3 Å². The van der Waals surface area contributed by atoms with Crippen LogP contribution in [0.5, 0.6) is 5.75 Å². The van der Waals surface area contributed by atoms with Crippen LogP contribution in [-0.2, 0) is 0 Å². The molecule has 2 aliphatic rings. The number of hydrogen-bond acceptors (Lipinski definition) is 4. The summed E-state index contributed by atoms with van der Waals surface area (Å²) < 4.78 is 5.99. The molecule has 3 rings (SSSR count). The van der Waals surface area contributed by atoms with Crippen molar-refractivity contribution >= 4 is 0 Å². The molecule has 1 aromatic carbocycles. The molecule has 0 radical (unpaired) electrons. The Morgan fingerprint density at radius 2 is 1.83 bits per heavy atom. The molecule has 1 aromatic rings. The molecule has 2 fully saturated rings. The van der Waals surface area contributed by atoms with Gasteiger partial charge in [0.25, 0.3) is 0 Å². The van der Waals surface area contributed by atoms with Gasteiger partial charge in [0.1, 0.15) is 18.0 Å². The van der Waals surface area contributed by atoms with Gasteiger partial charge in [-0.15, -0.1) is 0 Å². The van der Waals surface area contributed by atoms with Crippen LogP contribution in [0.2, 0.25) is 0 Å². The number of hydrogen-bond donors (Lipinski definition) is 2. The van der Waals surface area contributed by atoms with Crippen LogP contribution in [0.25, 0.3) is 0 Å². The van der Waals surface area contributed by atoms with E-state index < -0.39 is 6.10 Å². The number of aliphatic hydroxyl groups is 1. The topological polar surface area (TPSA) is 44.7 Å². The summed E-state index contributed by atoms with van der Waals surface area (Å²) in [6.07, 6.45) is 6.59. The third-order valence-electron chi connectivity index (χ3n) is 5.11. The first-order valence-electron chi connectivity index (χ1n) is 9.18. The van der Waals surface area contributed by atoms with Crippen LogP contribution in [0.1, 0.15) is 38.5 Å². The Balaban J connectivity index is 1.44. The summed E-state index contributed by atoms with van der Waals surface area (Å²) in [5.74, 6) is 0.852. The molecule has 0 bridgehead atoms. The number of rotatable bonds is 6. The van der Waals surface area contributed by atoms with Crippen LogP contribution in [0, 0.1) is 0 Å². The van der Waals surface area contributed by atoms with Gasteiger partial charge in [-0.2, -0.15) is 0 Å². The molecule has 2 N–H and O–H groups in total. The van der Waals surface area contributed by atoms with Crippen LogP contribution < -0.4 is 10.1 Å². The Morgan fingerprint density at radius 1 is 1.04 bits per heavy atom. The first-order chi connectivity index (χ1) is 11.3. The molecule has 1 aliphatic carbocycles. The molecule has 1 saturated heterocycles. The minimum Gasteiger partial charge on any atom is -0.488 e. The van der Waals surface area contributed by atoms with Crippen LogP contribution >= 0.6 is 0 Å². The van der Waals surface area contributed by atoms with Gasteiger partial charge in [-0.1, -0.05) is 24.6 Å². The number of aliphatic hydroxyl groups excluding tert-OH is 1. The Morgan fingerprint density at radius 3 is 2.61 bits per heavy atom. The Hall–Kier alpha value is -1.10. The smallest absolute Gasteiger partial charge is 0.126 e. The lowest BCUT2D eigenvalue weighted by atomic mass is 9.90. The van der Waals surface area contributed by atoms with E-state index in [2.05, 4.69) is 10.2 Å². The lowest BCUT2D eigenvalue weighted by Crippen LogP contribution is -2.52. The summed E-state index contributed by atoms with van der Waals surface area (Å²) in [4.78, 5) is 2.53. The van der Waals surface area contributed by atoms with Gasteiger partial charge in [0.2, 0.25) is 0 Å². The average molecular weight is 318 g/mol. The third kappa shape index (κ3) is 4.93. The SMILES string of the molecule is O[C@@H]1[C@@H](NCCN2CCCCC2)CCC[C@H]1Oc1ccccc1. The number of nitrogens with zero attached hydrogens (tertiary/aromatic N) is 1. The summed E-state index contributed by atoms with van der Waals surface area (Å²) in [7, 11) is 0. The second kappa shape index (κ2) is 8.67. The number of ether oxygens (including phenoxy) is 1. The zero-order valence-electron chi connectivity index (χ0n) is 14.0. The van der Waals surface area contributed by atoms with Gasteiger partial charge in [-0.05, 0) is 57.3 Å². The quantitative estimate of drug-likeness (QED) is 0.845. The molecular weight excluding hydrogens is 288 g/mol. The van der Waals surface area contributed by atoms with Crippen molar-refractivity contribution in [1.82, 2.24) is 10.2 Å². The van der Waals surface area contributed by atoms with E-state index in [9.17, 15) is 5.11 Å². The highest BCUT2D eigenvalue weighted by molar-refractivity contribution is 5.21. The number of likely N-dealkylation sites (tertiary alicyclic amines) is 1. The second-order valence-electron chi connectivity index (χ2n) is 6.85. The summed E-state index contributed by atoms with van der Waals surface area (Å²) >= 11 is 0. The van der Waals surface area contributed by atoms with Crippen LogP contribution in [0.3, 0.4) is 0 Å². The van der Waals surface area contributed by atoms with Crippen molar-refractivity contribution < 1.29 is 9.84 Å². The zero-order chi connectivity index (χ0) is 15.9. The molecule has 0 unspecified atom stereocenters. The lowest BCUT2D eigenvalue weighted by Gasteiger charge is -2.36. The molecule has 0 amide bonds. The molecule has 0 spiro atoms. The molecule has 1 heterocycles. The minimum atomic E-state index is -0.426. The number of benzene rings is 1. The highest BCUT2D eigenvalue weighted by Crippen LogP contribution is 2.24. The number of nitrogens with one attached hydrogen (secondary N) is 1. The van der Waals surface area contributed by atoms with Gasteiger partial charge >= 0.3 is 0 Å². The highest BCUT2D eigenvalue weighted by atomic mass is 16.5. The second-order valence-corrected chi connectivity index (χ2v) is 6.85. The fourth-order valence-electron chi connectivity index (χ4n) is 3.76. The maximum absolute atomic E-state index is 10.6. The molecule has 128 valence electrons. The van der Waals surface area contributed by atoms with E-state index in [4.69, 9.17) is 4.74 Å². The van der Waals surface area contributed by atoms with E-state index in [-0.39, 0.29) is 12.1 Å². The van der Waals surface area contributed by atoms with Crippen LogP contribution in [0.15, 0.2) is 30.3 Å². The van der Waals surface area contributed by atoms with Crippen molar-refractivity contribution in [3.63, 3.8) is 0 Å². The van der Waals surface area contributed by atoms with Gasteiger partial charge in [-0.25, -0.2) is 0 Å². The van der Waals surface area contributed by atoms with Gasteiger partial charge in [0, 0.05) is 19.1 Å². The summed E-state index contributed by atoms with van der Waals surface area (Å²) in [5.41, 5.74) is 0. The van der Waals surface area contributed by atoms with Crippen LogP contribution in [-0.4, -0.2) is 54.4 Å². The number of para-hydroxylation sites is 1. The predicted octanol–water partition coefficient (Wildman–Crippen LogP) is 2.42. The molecule has 0 aromatic heterocycles. The van der Waals surface area contributed by atoms with Gasteiger partial charge < -0.3 is 20.1 Å². The van der Waals surface area contributed by atoms with Crippen molar-refractivity contribution in [2.45, 2.75) is 56.8 Å². The van der Waals surface area contributed by atoms with E-state index in [0.29, 0.717) is 0 Å². The maximum atomic E-state index is 10.6. The maximum Gasteiger partial charge on any atom is 0.126 e. The first-order valence-corrected chi connectivity index (χ1v) is 9.18. The predicted molar refractivity (Wildman–Crippen MR) is 92.8 cm³/mol. The van der Waals surface area contributed by atoms with E-state index in [1.165, 1.54) is 32.4 Å². The van der Waals surface area contributed by atoms with E-state index in [1.54, 1.807) is 0 Å². The van der Waals surface area contributed by atoms with E-state index in [1.807, 2.05) is 30.3 Å². The van der Waals surface area contributed by atoms with E-state index in [0.717, 1.165) is 38.1 Å². The van der Waals surface area contributed by atoms with Gasteiger partial charge in [0.15, 0.2) is 0 Å². The molecule has 1 aliphatic heterocycles. The Bertz CT molecular complexity index is 448. The summed E-state index contributed by atoms with van der Waals surface area (Å²) in [6.45, 7) is 4.51. The van der Waals surface area contributed by atoms with Gasteiger partial charge in [0.05, 0.1) is 0 Å². The summed E-state index contributed by atoms with van der Waals surface area (Å²) in [5, 5.41) is 14.2. The average Bonchev–Trinajstić information content (AvgIpc) is 2.60. The fraction of sp³-hybridized carbons (Fsp3) is 0.684. The summed E-state index contributed by atoms with van der Waals surface area (Å²) in [6, 6.07) is 10.00. The Kier molecular flexibility index (Phi) is 6.31. The van der Waals surface area contributed by atoms with Crippen molar-refractivity contribution in [1.29, 1.82) is 0 Å². The van der Waals surface area contributed by atoms with Crippen LogP contribution in [0.4, 0.5) is 0 Å². The molecule has 1 saturated carbocycles. The normalized spacial score (nSPS) is 29.3. The van der Waals surface area contributed by atoms with Gasteiger partial charge in [-0.3, -0.25) is 0 Å². The Labute approximate surface area is 139 Å². The van der Waals surface area contributed by atoms with Crippen molar-refractivity contribution in [3.8, 4) is 5.75 Å². The fourth-order valence-corrected chi connectivity index (χ4v) is 3.76. The van der Waals surface area contributed by atoms with E-state index >= 15 is 0 Å². The zero-order valence-corrected chi connectivity index (χ0v) is 14.0. The minimum absolute atomic E-state index is 0.0985. The molecule has 3 atom stereocenters. The molecule has 4 nitrogen and oxygen atoms in total. The third-order valence-corrected chi connectivity index (χ3v) is 5.11. The van der Waals surface area contributed by atoms with Crippen molar-refractivity contribution in [2.24, 2.45) is 0 Å². The molecule has 23 heavy (non-hydrogen) atoms. The number of piperidine rings is 1. The first kappa shape index (κ1) is 16.7. The molecule has 4 heteroatoms.